The first-order chi connectivity index (χ1) is 3.84. The predicted octanol–water partition coefficient (Wildman–Crippen LogP) is 2.36. The fourth-order valence-electron chi connectivity index (χ4n) is 0.781. The third kappa shape index (κ3) is 1.05. The summed E-state index contributed by atoms with van der Waals surface area (Å²) >= 11 is 0. The monoisotopic (exact) mass is 97.1 g/mol. The van der Waals surface area contributed by atoms with E-state index >= 15 is 0 Å². The van der Waals surface area contributed by atoms with Gasteiger partial charge in [-0.2, -0.15) is 0 Å². The molecule has 0 nitrogen and oxygen atoms in total. The summed E-state index contributed by atoms with van der Waals surface area (Å²) in [5.74, 6) is 0.583. The van der Waals surface area contributed by atoms with Gasteiger partial charge in [0.05, 0.1) is 0 Å². The van der Waals surface area contributed by atoms with Crippen LogP contribution < -0.4 is 0 Å². The van der Waals surface area contributed by atoms with Gasteiger partial charge in [0.1, 0.15) is 0 Å². The normalized spacial score (nSPS) is 43.3. The predicted molar refractivity (Wildman–Crippen MR) is 32.2 cm³/mol. The van der Waals surface area contributed by atoms with Crippen molar-refractivity contribution in [1.82, 2.24) is 0 Å². The highest BCUT2D eigenvalue weighted by Gasteiger charge is 2.12. The molecule has 1 fully saturated rings. The van der Waals surface area contributed by atoms with Crippen LogP contribution in [0.25, 0.3) is 0 Å². The Morgan fingerprint density at radius 3 is 2.86 bits per heavy atom. The lowest BCUT2D eigenvalue weighted by Gasteiger charge is -2.20. The van der Waals surface area contributed by atoms with Crippen molar-refractivity contribution >= 4 is 0 Å². The van der Waals surface area contributed by atoms with Crippen LogP contribution >= 0.6 is 0 Å². The molecule has 1 aliphatic rings. The first kappa shape index (κ1) is 3.71. The van der Waals surface area contributed by atoms with E-state index in [1.54, 1.807) is 0 Å². The van der Waals surface area contributed by atoms with E-state index in [2.05, 4.69) is 6.08 Å². The standard InChI is InChI=1S/C7H12/c1-2-4-7-5-3-6-7/h2,4,7H,3,5-6H2,1H3/b4-2+/i5D/t5-,7?/m0/s1. The molecule has 0 aromatic carbocycles. The quantitative estimate of drug-likeness (QED) is 0.441. The van der Waals surface area contributed by atoms with Crippen LogP contribution in [0.15, 0.2) is 12.2 Å². The van der Waals surface area contributed by atoms with Gasteiger partial charge >= 0.3 is 0 Å². The maximum atomic E-state index is 7.32. The molecule has 40 valence electrons. The summed E-state index contributed by atoms with van der Waals surface area (Å²) in [5, 5.41) is 0. The Bertz CT molecular complexity index is 96.6. The van der Waals surface area contributed by atoms with Crippen LogP contribution in [-0.2, 0) is 0 Å². The van der Waals surface area contributed by atoms with Gasteiger partial charge in [-0.1, -0.05) is 18.6 Å². The van der Waals surface area contributed by atoms with E-state index in [9.17, 15) is 0 Å². The van der Waals surface area contributed by atoms with Crippen LogP contribution in [0.1, 0.15) is 27.5 Å². The molecule has 1 unspecified atom stereocenters. The third-order valence-corrected chi connectivity index (χ3v) is 1.41. The maximum Gasteiger partial charge on any atom is 0.0273 e. The minimum absolute atomic E-state index is 0.214. The Morgan fingerprint density at radius 1 is 1.86 bits per heavy atom. The zero-order valence-corrected chi connectivity index (χ0v) is 4.72. The Labute approximate surface area is 46.6 Å². The lowest BCUT2D eigenvalue weighted by atomic mass is 9.85. The van der Waals surface area contributed by atoms with Crippen LogP contribution in [-0.4, -0.2) is 0 Å². The van der Waals surface area contributed by atoms with Crippen LogP contribution in [0.2, 0.25) is 0 Å². The summed E-state index contributed by atoms with van der Waals surface area (Å²) in [5.41, 5.74) is 0. The summed E-state index contributed by atoms with van der Waals surface area (Å²) in [4.78, 5) is 0. The van der Waals surface area contributed by atoms with Crippen molar-refractivity contribution < 1.29 is 1.37 Å². The third-order valence-electron chi connectivity index (χ3n) is 1.41. The first-order valence-electron chi connectivity index (χ1n) is 3.47. The zero-order valence-electron chi connectivity index (χ0n) is 5.72. The molecule has 0 aliphatic heterocycles. The molecule has 0 amide bonds. The molecule has 0 bridgehead atoms. The second-order valence-electron chi connectivity index (χ2n) is 2.00. The fraction of sp³-hybridized carbons (Fsp3) is 0.714. The summed E-state index contributed by atoms with van der Waals surface area (Å²) in [6.45, 7) is 2.02. The first-order valence-corrected chi connectivity index (χ1v) is 2.89. The van der Waals surface area contributed by atoms with E-state index in [0.29, 0.717) is 5.92 Å². The lowest BCUT2D eigenvalue weighted by molar-refractivity contribution is 0.387. The molecule has 0 aromatic rings. The molecule has 0 heterocycles. The second kappa shape index (κ2) is 2.15. The molecule has 1 aliphatic carbocycles. The fourth-order valence-corrected chi connectivity index (χ4v) is 0.781. The second-order valence-corrected chi connectivity index (χ2v) is 2.00. The molecule has 7 heavy (non-hydrogen) atoms. The van der Waals surface area contributed by atoms with Crippen molar-refractivity contribution in [3.8, 4) is 0 Å². The van der Waals surface area contributed by atoms with Gasteiger partial charge in [-0.05, 0) is 25.7 Å². The van der Waals surface area contributed by atoms with E-state index in [-0.39, 0.29) is 6.40 Å². The van der Waals surface area contributed by atoms with E-state index < -0.39 is 0 Å². The average Bonchev–Trinajstić information content (AvgIpc) is 1.79. The van der Waals surface area contributed by atoms with Crippen molar-refractivity contribution in [1.29, 1.82) is 0 Å². The average molecular weight is 97.2 g/mol. The molecule has 0 saturated heterocycles. The molecule has 0 heteroatoms. The molecule has 0 aromatic heterocycles. The molecule has 1 rings (SSSR count). The van der Waals surface area contributed by atoms with Gasteiger partial charge in [0, 0.05) is 1.37 Å². The van der Waals surface area contributed by atoms with Gasteiger partial charge in [0.2, 0.25) is 0 Å². The van der Waals surface area contributed by atoms with Crippen LogP contribution in [0.4, 0.5) is 0 Å². The van der Waals surface area contributed by atoms with Crippen LogP contribution in [0.3, 0.4) is 0 Å². The van der Waals surface area contributed by atoms with Gasteiger partial charge in [-0.3, -0.25) is 0 Å². The zero-order chi connectivity index (χ0) is 5.98. The Hall–Kier alpha value is -0.260. The Morgan fingerprint density at radius 2 is 2.71 bits per heavy atom. The van der Waals surface area contributed by atoms with Gasteiger partial charge in [-0.25, -0.2) is 0 Å². The largest absolute Gasteiger partial charge is 0.0914 e. The van der Waals surface area contributed by atoms with E-state index in [0.717, 1.165) is 6.42 Å². The molecular weight excluding hydrogens is 84.1 g/mol. The molecule has 0 spiro atoms. The van der Waals surface area contributed by atoms with Crippen molar-refractivity contribution in [2.75, 3.05) is 0 Å². The number of allylic oxidation sites excluding steroid dienone is 2. The molecule has 0 N–H and O–H groups in total. The van der Waals surface area contributed by atoms with Crippen molar-refractivity contribution in [2.45, 2.75) is 26.2 Å². The number of rotatable bonds is 1. The summed E-state index contributed by atoms with van der Waals surface area (Å²) < 4.78 is 7.32. The molecule has 1 saturated carbocycles. The Balaban J connectivity index is 2.27. The van der Waals surface area contributed by atoms with Gasteiger partial charge in [-0.15, -0.1) is 0 Å². The van der Waals surface area contributed by atoms with Gasteiger partial charge < -0.3 is 0 Å². The smallest absolute Gasteiger partial charge is 0.0273 e. The lowest BCUT2D eigenvalue weighted by Crippen LogP contribution is -2.06. The molecule has 0 radical (unpaired) electrons. The number of hydrogen-bond acceptors (Lipinski definition) is 0. The van der Waals surface area contributed by atoms with E-state index in [4.69, 9.17) is 1.37 Å². The minimum atomic E-state index is 0.214. The SMILES string of the molecule is [2H][C@H]1CCC1/C=C/C. The highest BCUT2D eigenvalue weighted by molar-refractivity contribution is 4.89. The highest BCUT2D eigenvalue weighted by atomic mass is 14.2. The molecule has 2 atom stereocenters. The molecular formula is C7H12. The number of hydrogen-bond donors (Lipinski definition) is 0. The summed E-state index contributed by atoms with van der Waals surface area (Å²) in [6, 6.07) is 0. The summed E-state index contributed by atoms with van der Waals surface area (Å²) in [6.07, 6.45) is 6.74. The minimum Gasteiger partial charge on any atom is -0.0914 e. The van der Waals surface area contributed by atoms with Gasteiger partial charge in [0.25, 0.3) is 0 Å². The van der Waals surface area contributed by atoms with Crippen molar-refractivity contribution in [2.24, 2.45) is 5.92 Å². The van der Waals surface area contributed by atoms with Crippen molar-refractivity contribution in [3.05, 3.63) is 12.2 Å². The topological polar surface area (TPSA) is 0 Å². The summed E-state index contributed by atoms with van der Waals surface area (Å²) in [7, 11) is 0. The van der Waals surface area contributed by atoms with Gasteiger partial charge in [0.15, 0.2) is 0 Å². The van der Waals surface area contributed by atoms with E-state index in [1.807, 2.05) is 13.0 Å². The highest BCUT2D eigenvalue weighted by Crippen LogP contribution is 2.26. The van der Waals surface area contributed by atoms with E-state index in [1.165, 1.54) is 6.42 Å². The Kier molecular flexibility index (Phi) is 1.14. The van der Waals surface area contributed by atoms with Crippen LogP contribution in [0, 0.1) is 5.92 Å². The maximum absolute atomic E-state index is 7.32. The van der Waals surface area contributed by atoms with Crippen molar-refractivity contribution in [3.63, 3.8) is 0 Å². The van der Waals surface area contributed by atoms with Crippen LogP contribution in [0.5, 0.6) is 0 Å².